The lowest BCUT2D eigenvalue weighted by atomic mass is 9.84. The second kappa shape index (κ2) is 7.39. The van der Waals surface area contributed by atoms with Crippen LogP contribution in [-0.2, 0) is 4.79 Å². The predicted molar refractivity (Wildman–Crippen MR) is 81.1 cm³/mol. The van der Waals surface area contributed by atoms with Gasteiger partial charge in [0.2, 0.25) is 5.91 Å². The van der Waals surface area contributed by atoms with Gasteiger partial charge in [-0.2, -0.15) is 0 Å². The number of nitrogens with two attached hydrogens (primary N) is 1. The zero-order valence-corrected chi connectivity index (χ0v) is 12.7. The van der Waals surface area contributed by atoms with Gasteiger partial charge in [0.15, 0.2) is 0 Å². The van der Waals surface area contributed by atoms with Gasteiger partial charge in [-0.15, -0.1) is 0 Å². The fourth-order valence-corrected chi connectivity index (χ4v) is 2.25. The Bertz CT molecular complexity index is 446. The molecule has 0 fully saturated rings. The van der Waals surface area contributed by atoms with Crippen molar-refractivity contribution in [3.63, 3.8) is 0 Å². The molecule has 1 aromatic carbocycles. The number of halogens is 1. The van der Waals surface area contributed by atoms with Crippen LogP contribution >= 0.6 is 0 Å². The van der Waals surface area contributed by atoms with Gasteiger partial charge >= 0.3 is 0 Å². The molecule has 1 rings (SSSR count). The van der Waals surface area contributed by atoms with Crippen LogP contribution in [0.5, 0.6) is 0 Å². The Labute approximate surface area is 121 Å². The minimum absolute atomic E-state index is 0.0392. The van der Waals surface area contributed by atoms with E-state index < -0.39 is 0 Å². The monoisotopic (exact) mass is 280 g/mol. The summed E-state index contributed by atoms with van der Waals surface area (Å²) >= 11 is 0. The first-order chi connectivity index (χ1) is 9.41. The molecule has 0 saturated carbocycles. The van der Waals surface area contributed by atoms with Crippen molar-refractivity contribution in [2.24, 2.45) is 11.1 Å². The maximum absolute atomic E-state index is 13.8. The molecule has 0 aromatic heterocycles. The van der Waals surface area contributed by atoms with Gasteiger partial charge in [0.1, 0.15) is 5.82 Å². The van der Waals surface area contributed by atoms with Gasteiger partial charge in [-0.05, 0) is 43.9 Å². The van der Waals surface area contributed by atoms with Crippen LogP contribution in [0.4, 0.5) is 10.1 Å². The maximum atomic E-state index is 13.8. The van der Waals surface area contributed by atoms with Crippen LogP contribution in [0, 0.1) is 11.2 Å². The molecule has 0 unspecified atom stereocenters. The molecule has 3 nitrogen and oxygen atoms in total. The Morgan fingerprint density at radius 3 is 2.50 bits per heavy atom. The van der Waals surface area contributed by atoms with Gasteiger partial charge in [-0.3, -0.25) is 4.79 Å². The third-order valence-corrected chi connectivity index (χ3v) is 3.60. The normalized spacial score (nSPS) is 11.4. The number of carbonyl (C=O) groups is 1. The van der Waals surface area contributed by atoms with Gasteiger partial charge in [-0.25, -0.2) is 4.39 Å². The van der Waals surface area contributed by atoms with Crippen molar-refractivity contribution in [2.75, 3.05) is 18.0 Å². The minimum Gasteiger partial charge on any atom is -0.330 e. The van der Waals surface area contributed by atoms with E-state index in [0.717, 1.165) is 12.8 Å². The summed E-state index contributed by atoms with van der Waals surface area (Å²) in [7, 11) is 0. The Balaban J connectivity index is 2.72. The number of nitrogens with zero attached hydrogens (tertiary/aromatic N) is 1. The van der Waals surface area contributed by atoms with Crippen LogP contribution in [0.15, 0.2) is 24.3 Å². The van der Waals surface area contributed by atoms with Gasteiger partial charge < -0.3 is 10.6 Å². The molecule has 4 heteroatoms. The molecule has 0 bridgehead atoms. The Kier molecular flexibility index (Phi) is 6.14. The number of carbonyl (C=O) groups excluding carboxylic acids is 1. The predicted octanol–water partition coefficient (Wildman–Crippen LogP) is 3.33. The molecule has 0 saturated heterocycles. The number of anilines is 1. The largest absolute Gasteiger partial charge is 0.330 e. The first kappa shape index (κ1) is 16.6. The van der Waals surface area contributed by atoms with Crippen molar-refractivity contribution in [3.05, 3.63) is 30.1 Å². The van der Waals surface area contributed by atoms with Gasteiger partial charge in [0.05, 0.1) is 5.69 Å². The summed E-state index contributed by atoms with van der Waals surface area (Å²) in [6.45, 7) is 7.15. The lowest BCUT2D eigenvalue weighted by molar-refractivity contribution is -0.119. The number of benzene rings is 1. The number of rotatable bonds is 7. The van der Waals surface area contributed by atoms with E-state index >= 15 is 0 Å². The Morgan fingerprint density at radius 2 is 1.95 bits per heavy atom. The van der Waals surface area contributed by atoms with E-state index in [-0.39, 0.29) is 17.1 Å². The molecule has 0 aliphatic carbocycles. The average Bonchev–Trinajstić information content (AvgIpc) is 2.39. The summed E-state index contributed by atoms with van der Waals surface area (Å²) in [5.74, 6) is -0.397. The molecular formula is C16H25FN2O. The molecule has 0 aliphatic rings. The zero-order valence-electron chi connectivity index (χ0n) is 12.7. The van der Waals surface area contributed by atoms with Gasteiger partial charge in [0, 0.05) is 13.0 Å². The number of amides is 1. The summed E-state index contributed by atoms with van der Waals surface area (Å²) in [5, 5.41) is 0. The van der Waals surface area contributed by atoms with Gasteiger partial charge in [-0.1, -0.05) is 26.0 Å². The van der Waals surface area contributed by atoms with Crippen molar-refractivity contribution in [2.45, 2.75) is 40.0 Å². The molecule has 20 heavy (non-hydrogen) atoms. The van der Waals surface area contributed by atoms with E-state index in [1.807, 2.05) is 6.92 Å². The molecule has 2 N–H and O–H groups in total. The third-order valence-electron chi connectivity index (χ3n) is 3.60. The Hall–Kier alpha value is -1.42. The fourth-order valence-electron chi connectivity index (χ4n) is 2.25. The highest BCUT2D eigenvalue weighted by Gasteiger charge is 2.22. The minimum atomic E-state index is -0.357. The highest BCUT2D eigenvalue weighted by molar-refractivity contribution is 5.93. The van der Waals surface area contributed by atoms with Crippen molar-refractivity contribution >= 4 is 11.6 Å². The van der Waals surface area contributed by atoms with Crippen molar-refractivity contribution in [1.29, 1.82) is 0 Å². The van der Waals surface area contributed by atoms with Crippen LogP contribution in [0.1, 0.15) is 40.0 Å². The quantitative estimate of drug-likeness (QED) is 0.832. The second-order valence-corrected chi connectivity index (χ2v) is 5.79. The fraction of sp³-hybridized carbons (Fsp3) is 0.562. The highest BCUT2D eigenvalue weighted by Crippen LogP contribution is 2.27. The zero-order chi connectivity index (χ0) is 15.2. The van der Waals surface area contributed by atoms with E-state index in [9.17, 15) is 9.18 Å². The van der Waals surface area contributed by atoms with Crippen LogP contribution in [0.2, 0.25) is 0 Å². The van der Waals surface area contributed by atoms with E-state index in [2.05, 4.69) is 13.8 Å². The molecule has 0 aliphatic heterocycles. The second-order valence-electron chi connectivity index (χ2n) is 5.79. The summed E-state index contributed by atoms with van der Waals surface area (Å²) < 4.78 is 13.8. The molecular weight excluding hydrogens is 255 g/mol. The Morgan fingerprint density at radius 1 is 1.30 bits per heavy atom. The van der Waals surface area contributed by atoms with Crippen molar-refractivity contribution < 1.29 is 9.18 Å². The smallest absolute Gasteiger partial charge is 0.227 e. The molecule has 112 valence electrons. The van der Waals surface area contributed by atoms with E-state index in [4.69, 9.17) is 5.73 Å². The summed E-state index contributed by atoms with van der Waals surface area (Å²) in [6.07, 6.45) is 2.05. The van der Waals surface area contributed by atoms with Crippen LogP contribution in [0.25, 0.3) is 0 Å². The molecule has 1 aromatic rings. The van der Waals surface area contributed by atoms with E-state index in [1.165, 1.54) is 11.0 Å². The summed E-state index contributed by atoms with van der Waals surface area (Å²) in [6, 6.07) is 6.39. The van der Waals surface area contributed by atoms with E-state index in [0.29, 0.717) is 25.2 Å². The van der Waals surface area contributed by atoms with Gasteiger partial charge in [0.25, 0.3) is 0 Å². The van der Waals surface area contributed by atoms with E-state index in [1.54, 1.807) is 18.2 Å². The first-order valence-electron chi connectivity index (χ1n) is 7.16. The highest BCUT2D eigenvalue weighted by atomic mass is 19.1. The van der Waals surface area contributed by atoms with Crippen molar-refractivity contribution in [3.8, 4) is 0 Å². The summed E-state index contributed by atoms with van der Waals surface area (Å²) in [4.78, 5) is 13.8. The molecule has 0 radical (unpaired) electrons. The topological polar surface area (TPSA) is 46.3 Å². The maximum Gasteiger partial charge on any atom is 0.227 e. The SMILES string of the molecule is CCN(C(=O)CCC(C)(C)CCN)c1ccccc1F. The van der Waals surface area contributed by atoms with Crippen molar-refractivity contribution in [1.82, 2.24) is 0 Å². The van der Waals surface area contributed by atoms with Crippen LogP contribution in [-0.4, -0.2) is 19.0 Å². The molecule has 0 heterocycles. The molecule has 0 spiro atoms. The number of hydrogen-bond donors (Lipinski definition) is 1. The molecule has 1 amide bonds. The summed E-state index contributed by atoms with van der Waals surface area (Å²) in [5.41, 5.74) is 5.97. The third kappa shape index (κ3) is 4.60. The first-order valence-corrected chi connectivity index (χ1v) is 7.16. The number of hydrogen-bond acceptors (Lipinski definition) is 2. The number of para-hydroxylation sites is 1. The average molecular weight is 280 g/mol. The molecule has 0 atom stereocenters. The van der Waals surface area contributed by atoms with Crippen LogP contribution < -0.4 is 10.6 Å². The lowest BCUT2D eigenvalue weighted by Gasteiger charge is -2.26. The van der Waals surface area contributed by atoms with Crippen LogP contribution in [0.3, 0.4) is 0 Å². The lowest BCUT2D eigenvalue weighted by Crippen LogP contribution is -2.32. The standard InChI is InChI=1S/C16H25FN2O/c1-4-19(14-8-6-5-7-13(14)17)15(20)9-10-16(2,3)11-12-18/h5-8H,4,9-12,18H2,1-3H3.